The first kappa shape index (κ1) is 12.3. The van der Waals surface area contributed by atoms with E-state index in [-0.39, 0.29) is 17.2 Å². The molecule has 2 heterocycles. The monoisotopic (exact) mass is 246 g/mol. The lowest BCUT2D eigenvalue weighted by Crippen LogP contribution is -2.23. The smallest absolute Gasteiger partial charge is 0.199 e. The van der Waals surface area contributed by atoms with Gasteiger partial charge in [0.25, 0.3) is 0 Å². The number of hydrogen-bond donors (Lipinski definition) is 0. The number of carbonyl (C=O) groups is 1. The van der Waals surface area contributed by atoms with Gasteiger partial charge in [-0.3, -0.25) is 4.79 Å². The first-order chi connectivity index (χ1) is 8.61. The van der Waals surface area contributed by atoms with E-state index in [4.69, 9.17) is 4.74 Å². The summed E-state index contributed by atoms with van der Waals surface area (Å²) in [5, 5.41) is 0. The minimum atomic E-state index is -0.0438. The minimum Gasteiger partial charge on any atom is -0.494 e. The van der Waals surface area contributed by atoms with E-state index in [0.717, 1.165) is 38.4 Å². The van der Waals surface area contributed by atoms with E-state index >= 15 is 0 Å². The van der Waals surface area contributed by atoms with Gasteiger partial charge in [-0.05, 0) is 43.3 Å². The summed E-state index contributed by atoms with van der Waals surface area (Å²) < 4.78 is 6.04. The highest BCUT2D eigenvalue weighted by molar-refractivity contribution is 6.56. The van der Waals surface area contributed by atoms with E-state index in [9.17, 15) is 4.79 Å². The number of carbonyl (C=O) groups excluding carboxylic acids is 1. The Morgan fingerprint density at radius 3 is 2.89 bits per heavy atom. The van der Waals surface area contributed by atoms with Gasteiger partial charge in [-0.25, -0.2) is 0 Å². The van der Waals surface area contributed by atoms with E-state index in [1.807, 2.05) is 0 Å². The van der Waals surface area contributed by atoms with Gasteiger partial charge >= 0.3 is 0 Å². The first-order valence-electron chi connectivity index (χ1n) is 7.53. The topological polar surface area (TPSA) is 26.3 Å². The lowest BCUT2D eigenvalue weighted by molar-refractivity contribution is -0.123. The van der Waals surface area contributed by atoms with E-state index in [1.165, 1.54) is 12.8 Å². The fraction of sp³-hybridized carbons (Fsp3) is 0.800. The maximum absolute atomic E-state index is 12.3. The summed E-state index contributed by atoms with van der Waals surface area (Å²) in [4.78, 5) is 12.3. The van der Waals surface area contributed by atoms with E-state index in [1.54, 1.807) is 0 Å². The van der Waals surface area contributed by atoms with Gasteiger partial charge in [0.05, 0.1) is 5.50 Å². The fourth-order valence-corrected chi connectivity index (χ4v) is 4.56. The van der Waals surface area contributed by atoms with Crippen molar-refractivity contribution in [1.82, 2.24) is 0 Å². The molecule has 0 spiro atoms. The molecule has 0 radical (unpaired) electrons. The quantitative estimate of drug-likeness (QED) is 0.553. The van der Waals surface area contributed by atoms with Crippen molar-refractivity contribution >= 4 is 13.1 Å². The van der Waals surface area contributed by atoms with Gasteiger partial charge in [-0.2, -0.15) is 0 Å². The van der Waals surface area contributed by atoms with Gasteiger partial charge in [0, 0.05) is 5.92 Å². The Balaban J connectivity index is 1.92. The van der Waals surface area contributed by atoms with Gasteiger partial charge in [0.15, 0.2) is 18.8 Å². The van der Waals surface area contributed by atoms with Crippen molar-refractivity contribution in [2.75, 3.05) is 0 Å². The van der Waals surface area contributed by atoms with Crippen LogP contribution in [0.3, 0.4) is 0 Å². The van der Waals surface area contributed by atoms with E-state index < -0.39 is 0 Å². The maximum atomic E-state index is 12.3. The molecule has 1 aliphatic carbocycles. The number of hydrogen-bond acceptors (Lipinski definition) is 2. The number of allylic oxidation sites excluding steroid dienone is 1. The molecule has 2 saturated heterocycles. The summed E-state index contributed by atoms with van der Waals surface area (Å²) in [7, 11) is 1.13. The van der Waals surface area contributed by atoms with Crippen LogP contribution in [0.2, 0.25) is 5.82 Å². The normalized spacial score (nSPS) is 46.3. The molecular weight excluding hydrogens is 223 g/mol. The summed E-state index contributed by atoms with van der Waals surface area (Å²) >= 11 is 0. The van der Waals surface area contributed by atoms with Gasteiger partial charge in [0.2, 0.25) is 0 Å². The molecule has 5 unspecified atom stereocenters. The average Bonchev–Trinajstić information content (AvgIpc) is 2.85. The fourth-order valence-electron chi connectivity index (χ4n) is 4.56. The second-order valence-electron chi connectivity index (χ2n) is 6.46. The van der Waals surface area contributed by atoms with Crippen LogP contribution in [0.25, 0.3) is 0 Å². The van der Waals surface area contributed by atoms with Crippen molar-refractivity contribution in [1.29, 1.82) is 0 Å². The molecule has 5 atom stereocenters. The third-order valence-electron chi connectivity index (χ3n) is 5.72. The van der Waals surface area contributed by atoms with Gasteiger partial charge in [-0.15, -0.1) is 0 Å². The zero-order valence-corrected chi connectivity index (χ0v) is 11.6. The Morgan fingerprint density at radius 2 is 2.22 bits per heavy atom. The molecule has 18 heavy (non-hydrogen) atoms. The second-order valence-corrected chi connectivity index (χ2v) is 6.46. The molecule has 3 heteroatoms. The van der Waals surface area contributed by atoms with Crippen molar-refractivity contribution in [2.24, 2.45) is 17.8 Å². The number of ketones is 1. The first-order valence-corrected chi connectivity index (χ1v) is 7.53. The number of fused-ring (bicyclic) bond motifs is 3. The molecule has 0 N–H and O–H groups in total. The van der Waals surface area contributed by atoms with Crippen LogP contribution >= 0.6 is 0 Å². The Bertz CT molecular complexity index is 392. The average molecular weight is 246 g/mol. The molecule has 0 aromatic heterocycles. The Kier molecular flexibility index (Phi) is 2.83. The third-order valence-corrected chi connectivity index (χ3v) is 5.72. The molecule has 1 saturated carbocycles. The minimum absolute atomic E-state index is 0.0438. The molecule has 2 bridgehead atoms. The molecule has 2 nitrogen and oxygen atoms in total. The van der Waals surface area contributed by atoms with Crippen molar-refractivity contribution < 1.29 is 9.53 Å². The van der Waals surface area contributed by atoms with Crippen LogP contribution in [0.5, 0.6) is 0 Å². The molecule has 0 aromatic rings. The van der Waals surface area contributed by atoms with Gasteiger partial charge < -0.3 is 4.74 Å². The molecule has 2 aliphatic heterocycles. The highest BCUT2D eigenvalue weighted by Gasteiger charge is 2.62. The summed E-state index contributed by atoms with van der Waals surface area (Å²) in [6, 6.07) is 0. The zero-order chi connectivity index (χ0) is 12.9. The van der Waals surface area contributed by atoms with E-state index in [0.29, 0.717) is 11.6 Å². The molecule has 0 amide bonds. The largest absolute Gasteiger partial charge is 0.494 e. The van der Waals surface area contributed by atoms with Crippen LogP contribution in [0.15, 0.2) is 12.3 Å². The van der Waals surface area contributed by atoms with Crippen LogP contribution in [-0.4, -0.2) is 18.6 Å². The molecule has 3 fully saturated rings. The van der Waals surface area contributed by atoms with Crippen molar-refractivity contribution in [3.05, 3.63) is 12.3 Å². The summed E-state index contributed by atoms with van der Waals surface area (Å²) in [6.45, 7) is 8.38. The lowest BCUT2D eigenvalue weighted by atomic mass is 9.78. The van der Waals surface area contributed by atoms with Crippen molar-refractivity contribution in [2.45, 2.75) is 57.3 Å². The number of rotatable bonds is 2. The van der Waals surface area contributed by atoms with Crippen LogP contribution < -0.4 is 0 Å². The lowest BCUT2D eigenvalue weighted by Gasteiger charge is -2.27. The Morgan fingerprint density at radius 1 is 1.44 bits per heavy atom. The van der Waals surface area contributed by atoms with Crippen LogP contribution in [0, 0.1) is 17.8 Å². The summed E-state index contributed by atoms with van der Waals surface area (Å²) in [5.41, 5.74) is -0.0438. The van der Waals surface area contributed by atoms with Gasteiger partial charge in [-0.1, -0.05) is 26.8 Å². The number of ether oxygens (including phenoxy) is 1. The molecule has 3 aliphatic rings. The molecule has 98 valence electrons. The SMILES string of the molecule is C=C1OC2(CC)BC2C(CC)C2CCC(C2)C1=O. The molecule has 0 aromatic carbocycles. The highest BCUT2D eigenvalue weighted by atomic mass is 16.5. The second kappa shape index (κ2) is 4.14. The Labute approximate surface area is 110 Å². The standard InChI is InChI=1S/C15H23BO2/c1-4-12-10-6-7-11(8-10)13(17)9(3)18-15(5-2)14(12)16-15/h10-12,14,16H,3-8H2,1-2H3. The summed E-state index contributed by atoms with van der Waals surface area (Å²) in [6.07, 6.45) is 5.61. The van der Waals surface area contributed by atoms with E-state index in [2.05, 4.69) is 20.4 Å². The van der Waals surface area contributed by atoms with Crippen molar-refractivity contribution in [3.8, 4) is 0 Å². The Hall–Kier alpha value is -0.725. The highest BCUT2D eigenvalue weighted by Crippen LogP contribution is 2.59. The predicted molar refractivity (Wildman–Crippen MR) is 73.8 cm³/mol. The van der Waals surface area contributed by atoms with Crippen LogP contribution in [-0.2, 0) is 9.53 Å². The van der Waals surface area contributed by atoms with Crippen molar-refractivity contribution in [3.63, 3.8) is 0 Å². The van der Waals surface area contributed by atoms with Crippen LogP contribution in [0.4, 0.5) is 0 Å². The van der Waals surface area contributed by atoms with Crippen LogP contribution in [0.1, 0.15) is 46.0 Å². The third kappa shape index (κ3) is 1.66. The predicted octanol–water partition coefficient (Wildman–Crippen LogP) is 2.89. The molecule has 3 rings (SSSR count). The maximum Gasteiger partial charge on any atom is 0.199 e. The molecular formula is C15H23BO2. The summed E-state index contributed by atoms with van der Waals surface area (Å²) in [5.74, 6) is 3.00. The van der Waals surface area contributed by atoms with Gasteiger partial charge in [0.1, 0.15) is 0 Å². The number of Topliss-reactive ketones (excluding diaryl/α,β-unsaturated/α-hetero) is 1. The zero-order valence-electron chi connectivity index (χ0n) is 11.6.